The van der Waals surface area contributed by atoms with Crippen LogP contribution in [-0.2, 0) is 19.3 Å². The highest BCUT2D eigenvalue weighted by Gasteiger charge is 2.37. The predicted molar refractivity (Wildman–Crippen MR) is 50.6 cm³/mol. The van der Waals surface area contributed by atoms with Gasteiger partial charge in [-0.15, -0.1) is 5.10 Å². The average molecular weight is 234 g/mol. The summed E-state index contributed by atoms with van der Waals surface area (Å²) >= 11 is 0. The Labute approximate surface area is 91.1 Å². The number of hydrogen-bond donors (Lipinski definition) is 0. The summed E-state index contributed by atoms with van der Waals surface area (Å²) in [5.74, 6) is -0.639. The van der Waals surface area contributed by atoms with E-state index in [4.69, 9.17) is 0 Å². The molecule has 0 atom stereocenters. The molecule has 2 heterocycles. The summed E-state index contributed by atoms with van der Waals surface area (Å²) in [7, 11) is 0. The van der Waals surface area contributed by atoms with Crippen molar-refractivity contribution < 1.29 is 13.2 Å². The van der Waals surface area contributed by atoms with E-state index < -0.39 is 12.0 Å². The van der Waals surface area contributed by atoms with Crippen LogP contribution < -0.4 is 0 Å². The first-order valence-electron chi connectivity index (χ1n) is 5.13. The Balaban J connectivity index is 2.23. The molecule has 0 fully saturated rings. The molecule has 90 valence electrons. The van der Waals surface area contributed by atoms with Crippen molar-refractivity contribution in [3.8, 4) is 0 Å². The van der Waals surface area contributed by atoms with Crippen LogP contribution in [0.15, 0.2) is 0 Å². The standard InChI is InChI=1S/C9H13F3N4/c1-6(2)15-3-4-16-7(5-15)13-8(14-16)9(10,11)12/h6H,3-5H2,1-2H3. The van der Waals surface area contributed by atoms with Gasteiger partial charge in [-0.1, -0.05) is 0 Å². The Morgan fingerprint density at radius 3 is 2.50 bits per heavy atom. The Kier molecular flexibility index (Phi) is 2.65. The van der Waals surface area contributed by atoms with Crippen LogP contribution in [0.2, 0.25) is 0 Å². The van der Waals surface area contributed by atoms with Gasteiger partial charge in [0, 0.05) is 12.6 Å². The summed E-state index contributed by atoms with van der Waals surface area (Å²) < 4.78 is 38.5. The van der Waals surface area contributed by atoms with Gasteiger partial charge >= 0.3 is 6.18 Å². The molecule has 16 heavy (non-hydrogen) atoms. The number of rotatable bonds is 1. The molecule has 2 rings (SSSR count). The summed E-state index contributed by atoms with van der Waals surface area (Å²) in [5.41, 5.74) is 0. The maximum absolute atomic E-state index is 12.4. The van der Waals surface area contributed by atoms with Gasteiger partial charge in [-0.05, 0) is 13.8 Å². The first-order chi connectivity index (χ1) is 7.38. The molecule has 0 unspecified atom stereocenters. The molecule has 0 spiro atoms. The molecule has 0 radical (unpaired) electrons. The summed E-state index contributed by atoms with van der Waals surface area (Å²) in [6.07, 6.45) is -4.45. The molecule has 0 aromatic carbocycles. The van der Waals surface area contributed by atoms with Crippen LogP contribution in [0, 0.1) is 0 Å². The molecule has 0 bridgehead atoms. The second-order valence-electron chi connectivity index (χ2n) is 4.14. The van der Waals surface area contributed by atoms with Crippen LogP contribution in [-0.4, -0.2) is 32.3 Å². The molecule has 1 aliphatic heterocycles. The highest BCUT2D eigenvalue weighted by Crippen LogP contribution is 2.27. The lowest BCUT2D eigenvalue weighted by molar-refractivity contribution is -0.145. The van der Waals surface area contributed by atoms with E-state index in [0.717, 1.165) is 0 Å². The third-order valence-corrected chi connectivity index (χ3v) is 2.68. The summed E-state index contributed by atoms with van der Waals surface area (Å²) in [4.78, 5) is 5.61. The van der Waals surface area contributed by atoms with Crippen LogP contribution in [0.1, 0.15) is 25.5 Å². The number of halogens is 3. The van der Waals surface area contributed by atoms with Crippen molar-refractivity contribution in [2.24, 2.45) is 0 Å². The lowest BCUT2D eigenvalue weighted by Gasteiger charge is -2.29. The van der Waals surface area contributed by atoms with E-state index in [1.165, 1.54) is 4.68 Å². The molecule has 0 saturated carbocycles. The van der Waals surface area contributed by atoms with Crippen molar-refractivity contribution in [2.45, 2.75) is 39.2 Å². The fraction of sp³-hybridized carbons (Fsp3) is 0.778. The normalized spacial score (nSPS) is 17.9. The topological polar surface area (TPSA) is 34.0 Å². The molecule has 1 aromatic heterocycles. The molecule has 1 aromatic rings. The van der Waals surface area contributed by atoms with Crippen molar-refractivity contribution in [1.29, 1.82) is 0 Å². The first-order valence-corrected chi connectivity index (χ1v) is 5.13. The maximum atomic E-state index is 12.4. The molecular formula is C9H13F3N4. The molecule has 0 amide bonds. The highest BCUT2D eigenvalue weighted by atomic mass is 19.4. The number of aromatic nitrogens is 3. The molecule has 0 saturated heterocycles. The van der Waals surface area contributed by atoms with Crippen molar-refractivity contribution in [3.05, 3.63) is 11.6 Å². The second kappa shape index (κ2) is 3.73. The monoisotopic (exact) mass is 234 g/mol. The quantitative estimate of drug-likeness (QED) is 0.738. The average Bonchev–Trinajstić information content (AvgIpc) is 2.58. The largest absolute Gasteiger partial charge is 0.453 e. The molecular weight excluding hydrogens is 221 g/mol. The zero-order valence-corrected chi connectivity index (χ0v) is 9.12. The summed E-state index contributed by atoms with van der Waals surface area (Å²) in [6.45, 7) is 5.63. The molecule has 7 heteroatoms. The minimum atomic E-state index is -4.45. The van der Waals surface area contributed by atoms with Crippen molar-refractivity contribution in [1.82, 2.24) is 19.7 Å². The van der Waals surface area contributed by atoms with Gasteiger partial charge in [0.05, 0.1) is 13.1 Å². The van der Waals surface area contributed by atoms with Gasteiger partial charge in [0.25, 0.3) is 5.82 Å². The van der Waals surface area contributed by atoms with E-state index in [0.29, 0.717) is 31.5 Å². The first kappa shape index (κ1) is 11.4. The molecule has 0 N–H and O–H groups in total. The Bertz CT molecular complexity index is 383. The van der Waals surface area contributed by atoms with E-state index in [9.17, 15) is 13.2 Å². The van der Waals surface area contributed by atoms with Crippen LogP contribution in [0.5, 0.6) is 0 Å². The van der Waals surface area contributed by atoms with Crippen molar-refractivity contribution >= 4 is 0 Å². The Morgan fingerprint density at radius 2 is 1.94 bits per heavy atom. The van der Waals surface area contributed by atoms with Gasteiger partial charge < -0.3 is 0 Å². The van der Waals surface area contributed by atoms with Crippen LogP contribution in [0.25, 0.3) is 0 Å². The van der Waals surface area contributed by atoms with E-state index in [-0.39, 0.29) is 0 Å². The van der Waals surface area contributed by atoms with Gasteiger partial charge in [-0.25, -0.2) is 9.67 Å². The minimum Gasteiger partial charge on any atom is -0.292 e. The van der Waals surface area contributed by atoms with Crippen LogP contribution in [0.3, 0.4) is 0 Å². The van der Waals surface area contributed by atoms with E-state index in [1.807, 2.05) is 13.8 Å². The van der Waals surface area contributed by atoms with E-state index in [2.05, 4.69) is 15.0 Å². The molecule has 0 aliphatic carbocycles. The Morgan fingerprint density at radius 1 is 1.25 bits per heavy atom. The van der Waals surface area contributed by atoms with Crippen molar-refractivity contribution in [3.63, 3.8) is 0 Å². The molecule has 4 nitrogen and oxygen atoms in total. The van der Waals surface area contributed by atoms with Crippen molar-refractivity contribution in [2.75, 3.05) is 6.54 Å². The van der Waals surface area contributed by atoms with E-state index in [1.54, 1.807) is 0 Å². The number of nitrogens with zero attached hydrogens (tertiary/aromatic N) is 4. The zero-order chi connectivity index (χ0) is 11.9. The number of alkyl halides is 3. The Hall–Kier alpha value is -1.11. The lowest BCUT2D eigenvalue weighted by atomic mass is 10.3. The predicted octanol–water partition coefficient (Wildman–Crippen LogP) is 1.52. The highest BCUT2D eigenvalue weighted by molar-refractivity contribution is 4.99. The third kappa shape index (κ3) is 2.04. The van der Waals surface area contributed by atoms with Gasteiger partial charge in [0.1, 0.15) is 5.82 Å². The number of hydrogen-bond acceptors (Lipinski definition) is 3. The van der Waals surface area contributed by atoms with Crippen LogP contribution in [0.4, 0.5) is 13.2 Å². The van der Waals surface area contributed by atoms with Gasteiger partial charge in [0.2, 0.25) is 0 Å². The van der Waals surface area contributed by atoms with Crippen LogP contribution >= 0.6 is 0 Å². The van der Waals surface area contributed by atoms with Gasteiger partial charge in [-0.2, -0.15) is 13.2 Å². The van der Waals surface area contributed by atoms with Gasteiger partial charge in [-0.3, -0.25) is 4.90 Å². The fourth-order valence-corrected chi connectivity index (χ4v) is 1.72. The smallest absolute Gasteiger partial charge is 0.292 e. The summed E-state index contributed by atoms with van der Waals surface area (Å²) in [6, 6.07) is 0.305. The summed E-state index contributed by atoms with van der Waals surface area (Å²) in [5, 5.41) is 3.47. The van der Waals surface area contributed by atoms with E-state index >= 15 is 0 Å². The SMILES string of the molecule is CC(C)N1CCn2nc(C(F)(F)F)nc2C1. The fourth-order valence-electron chi connectivity index (χ4n) is 1.72. The zero-order valence-electron chi connectivity index (χ0n) is 9.12. The number of fused-ring (bicyclic) bond motifs is 1. The molecule has 1 aliphatic rings. The van der Waals surface area contributed by atoms with Gasteiger partial charge in [0.15, 0.2) is 0 Å². The second-order valence-corrected chi connectivity index (χ2v) is 4.14. The minimum absolute atomic E-state index is 0.305. The maximum Gasteiger partial charge on any atom is 0.453 e. The third-order valence-electron chi connectivity index (χ3n) is 2.68. The lowest BCUT2D eigenvalue weighted by Crippen LogP contribution is -2.38.